The van der Waals surface area contributed by atoms with Crippen LogP contribution in [0.25, 0.3) is 0 Å². The number of nitrogens with one attached hydrogen (secondary N) is 1. The third kappa shape index (κ3) is 5.79. The van der Waals surface area contributed by atoms with Gasteiger partial charge in [0.15, 0.2) is 0 Å². The van der Waals surface area contributed by atoms with Gasteiger partial charge in [0, 0.05) is 6.20 Å². The first-order valence-corrected chi connectivity index (χ1v) is 5.83. The van der Waals surface area contributed by atoms with Gasteiger partial charge in [-0.15, -0.1) is 12.4 Å². The molecule has 1 aromatic rings. The van der Waals surface area contributed by atoms with Gasteiger partial charge in [-0.1, -0.05) is 13.3 Å². The Labute approximate surface area is 121 Å². The van der Waals surface area contributed by atoms with E-state index in [9.17, 15) is 18.0 Å². The van der Waals surface area contributed by atoms with E-state index in [0.29, 0.717) is 11.1 Å². The summed E-state index contributed by atoms with van der Waals surface area (Å²) in [4.78, 5) is 11.8. The van der Waals surface area contributed by atoms with Gasteiger partial charge in [-0.3, -0.25) is 9.48 Å². The Balaban J connectivity index is 0.00000361. The normalized spacial score (nSPS) is 14.3. The zero-order valence-corrected chi connectivity index (χ0v) is 12.0. The van der Waals surface area contributed by atoms with Crippen LogP contribution in [0.15, 0.2) is 12.4 Å². The second-order valence-corrected chi connectivity index (χ2v) is 4.66. The largest absolute Gasteiger partial charge is 0.408 e. The number of hydrogen-bond acceptors (Lipinski definition) is 3. The Morgan fingerprint density at radius 2 is 2.10 bits per heavy atom. The molecule has 1 heterocycles. The van der Waals surface area contributed by atoms with Crippen molar-refractivity contribution in [2.45, 2.75) is 44.9 Å². The van der Waals surface area contributed by atoms with E-state index < -0.39 is 24.2 Å². The summed E-state index contributed by atoms with van der Waals surface area (Å²) in [6.07, 6.45) is -0.861. The molecule has 0 spiro atoms. The molecule has 5 nitrogen and oxygen atoms in total. The number of carbonyl (C=O) groups is 1. The van der Waals surface area contributed by atoms with Crippen molar-refractivity contribution in [1.82, 2.24) is 9.78 Å². The Morgan fingerprint density at radius 1 is 1.50 bits per heavy atom. The summed E-state index contributed by atoms with van der Waals surface area (Å²) in [5.74, 6) is -0.444. The number of rotatable bonds is 5. The van der Waals surface area contributed by atoms with Crippen LogP contribution in [0.4, 0.5) is 18.9 Å². The number of alkyl halides is 3. The van der Waals surface area contributed by atoms with Crippen LogP contribution in [-0.2, 0) is 11.3 Å². The van der Waals surface area contributed by atoms with E-state index in [0.717, 1.165) is 18.8 Å². The van der Waals surface area contributed by atoms with Gasteiger partial charge in [-0.2, -0.15) is 18.3 Å². The van der Waals surface area contributed by atoms with Crippen LogP contribution in [0.2, 0.25) is 0 Å². The summed E-state index contributed by atoms with van der Waals surface area (Å²) in [5, 5.41) is 5.98. The molecule has 116 valence electrons. The van der Waals surface area contributed by atoms with Crippen molar-refractivity contribution in [1.29, 1.82) is 0 Å². The van der Waals surface area contributed by atoms with Gasteiger partial charge in [0.25, 0.3) is 0 Å². The lowest BCUT2D eigenvalue weighted by molar-refractivity contribution is -0.142. The summed E-state index contributed by atoms with van der Waals surface area (Å²) in [6, 6.07) is 0. The molecule has 0 aliphatic carbocycles. The molecule has 20 heavy (non-hydrogen) atoms. The Hall–Kier alpha value is -1.28. The van der Waals surface area contributed by atoms with E-state index in [1.807, 2.05) is 6.92 Å². The average Bonchev–Trinajstić information content (AvgIpc) is 2.62. The van der Waals surface area contributed by atoms with Gasteiger partial charge in [-0.25, -0.2) is 0 Å². The molecular formula is C11H18ClF3N4O. The van der Waals surface area contributed by atoms with E-state index in [-0.39, 0.29) is 18.1 Å². The molecular weight excluding hydrogens is 297 g/mol. The fourth-order valence-corrected chi connectivity index (χ4v) is 1.61. The molecule has 1 atom stereocenters. The zero-order valence-electron chi connectivity index (χ0n) is 11.2. The van der Waals surface area contributed by atoms with E-state index in [4.69, 9.17) is 5.73 Å². The molecule has 0 radical (unpaired) electrons. The molecule has 0 saturated heterocycles. The zero-order chi connectivity index (χ0) is 14.7. The molecule has 3 N–H and O–H groups in total. The number of anilines is 1. The highest BCUT2D eigenvalue weighted by atomic mass is 35.5. The van der Waals surface area contributed by atoms with Crippen molar-refractivity contribution in [2.75, 3.05) is 5.32 Å². The Morgan fingerprint density at radius 3 is 2.60 bits per heavy atom. The lowest BCUT2D eigenvalue weighted by atomic mass is 9.96. The maximum atomic E-state index is 12.1. The first-order valence-electron chi connectivity index (χ1n) is 5.83. The van der Waals surface area contributed by atoms with Gasteiger partial charge in [-0.05, 0) is 13.3 Å². The van der Waals surface area contributed by atoms with Crippen molar-refractivity contribution < 1.29 is 18.0 Å². The predicted octanol–water partition coefficient (Wildman–Crippen LogP) is 2.32. The van der Waals surface area contributed by atoms with Crippen LogP contribution < -0.4 is 11.1 Å². The third-order valence-electron chi connectivity index (χ3n) is 2.52. The molecule has 0 aromatic carbocycles. The average molecular weight is 315 g/mol. The molecule has 1 aromatic heterocycles. The number of hydrogen-bond donors (Lipinski definition) is 2. The lowest BCUT2D eigenvalue weighted by Crippen LogP contribution is -2.48. The van der Waals surface area contributed by atoms with Crippen molar-refractivity contribution in [3.8, 4) is 0 Å². The standard InChI is InChI=1S/C11H17F3N4O.ClH/c1-3-4-10(2,15)9(19)17-8-5-16-18(6-8)7-11(12,13)14;/h5-6H,3-4,7,15H2,1-2H3,(H,17,19);1H. The first-order chi connectivity index (χ1) is 8.64. The molecule has 0 saturated carbocycles. The topological polar surface area (TPSA) is 72.9 Å². The number of nitrogens with two attached hydrogens (primary N) is 1. The van der Waals surface area contributed by atoms with Crippen LogP contribution in [-0.4, -0.2) is 27.4 Å². The molecule has 0 bridgehead atoms. The first kappa shape index (κ1) is 18.7. The highest BCUT2D eigenvalue weighted by Gasteiger charge is 2.29. The maximum absolute atomic E-state index is 12.1. The van der Waals surface area contributed by atoms with Crippen molar-refractivity contribution in [3.63, 3.8) is 0 Å². The van der Waals surface area contributed by atoms with Gasteiger partial charge in [0.1, 0.15) is 6.54 Å². The number of halogens is 4. The summed E-state index contributed by atoms with van der Waals surface area (Å²) in [6.45, 7) is 2.27. The molecule has 0 aliphatic heterocycles. The van der Waals surface area contributed by atoms with Crippen LogP contribution in [0, 0.1) is 0 Å². The molecule has 1 unspecified atom stereocenters. The lowest BCUT2D eigenvalue weighted by Gasteiger charge is -2.22. The van der Waals surface area contributed by atoms with E-state index in [1.54, 1.807) is 6.92 Å². The highest BCUT2D eigenvalue weighted by molar-refractivity contribution is 5.97. The van der Waals surface area contributed by atoms with Crippen LogP contribution in [0.5, 0.6) is 0 Å². The molecule has 1 amide bonds. The molecule has 9 heteroatoms. The van der Waals surface area contributed by atoms with Crippen LogP contribution in [0.1, 0.15) is 26.7 Å². The quantitative estimate of drug-likeness (QED) is 0.876. The second-order valence-electron chi connectivity index (χ2n) is 4.66. The number of nitrogens with zero attached hydrogens (tertiary/aromatic N) is 2. The van der Waals surface area contributed by atoms with Gasteiger partial charge < -0.3 is 11.1 Å². The van der Waals surface area contributed by atoms with Gasteiger partial charge >= 0.3 is 6.18 Å². The predicted molar refractivity (Wildman–Crippen MR) is 71.7 cm³/mol. The van der Waals surface area contributed by atoms with Crippen LogP contribution in [0.3, 0.4) is 0 Å². The third-order valence-corrected chi connectivity index (χ3v) is 2.52. The second kappa shape index (κ2) is 6.94. The maximum Gasteiger partial charge on any atom is 0.408 e. The number of carbonyl (C=O) groups excluding carboxylic acids is 1. The van der Waals surface area contributed by atoms with Crippen molar-refractivity contribution in [2.24, 2.45) is 5.73 Å². The number of amides is 1. The summed E-state index contributed by atoms with van der Waals surface area (Å²) < 4.78 is 37.1. The smallest absolute Gasteiger partial charge is 0.322 e. The van der Waals surface area contributed by atoms with E-state index in [2.05, 4.69) is 10.4 Å². The summed E-state index contributed by atoms with van der Waals surface area (Å²) in [5.41, 5.74) is 4.95. The van der Waals surface area contributed by atoms with E-state index in [1.165, 1.54) is 0 Å². The highest BCUT2D eigenvalue weighted by Crippen LogP contribution is 2.18. The summed E-state index contributed by atoms with van der Waals surface area (Å²) in [7, 11) is 0. The minimum atomic E-state index is -4.35. The van der Waals surface area contributed by atoms with Gasteiger partial charge in [0.2, 0.25) is 5.91 Å². The van der Waals surface area contributed by atoms with Crippen molar-refractivity contribution in [3.05, 3.63) is 12.4 Å². The molecule has 1 rings (SSSR count). The SMILES string of the molecule is CCCC(C)(N)C(=O)Nc1cnn(CC(F)(F)F)c1.Cl. The Kier molecular flexibility index (Phi) is 6.49. The monoisotopic (exact) mass is 314 g/mol. The fourth-order valence-electron chi connectivity index (χ4n) is 1.61. The minimum Gasteiger partial charge on any atom is -0.322 e. The van der Waals surface area contributed by atoms with Crippen LogP contribution >= 0.6 is 12.4 Å². The Bertz CT molecular complexity index is 445. The molecule has 0 aliphatic rings. The molecule has 0 fully saturated rings. The minimum absolute atomic E-state index is 0. The summed E-state index contributed by atoms with van der Waals surface area (Å²) >= 11 is 0. The fraction of sp³-hybridized carbons (Fsp3) is 0.636. The van der Waals surface area contributed by atoms with E-state index >= 15 is 0 Å². The number of aromatic nitrogens is 2. The van der Waals surface area contributed by atoms with Crippen molar-refractivity contribution >= 4 is 24.0 Å². The van der Waals surface area contributed by atoms with Gasteiger partial charge in [0.05, 0.1) is 17.4 Å².